The van der Waals surface area contributed by atoms with Gasteiger partial charge in [-0.05, 0) is 30.7 Å². The van der Waals surface area contributed by atoms with Crippen molar-refractivity contribution in [1.82, 2.24) is 4.98 Å². The molecule has 1 amide bonds. The first kappa shape index (κ1) is 17.6. The van der Waals surface area contributed by atoms with E-state index in [-0.39, 0.29) is 11.4 Å². The second-order valence-corrected chi connectivity index (χ2v) is 4.95. The van der Waals surface area contributed by atoms with Crippen molar-refractivity contribution in [2.24, 2.45) is 0 Å². The number of carbonyl (C=O) groups is 1. The number of methoxy groups -OCH3 is 1. The number of aromatic nitrogens is 1. The maximum absolute atomic E-state index is 12.2. The maximum Gasteiger partial charge on any atom is 0.422 e. The predicted octanol–water partition coefficient (Wildman–Crippen LogP) is 3.59. The lowest BCUT2D eigenvalue weighted by Gasteiger charge is -2.11. The molecular formula is C16H15F3N2O3. The summed E-state index contributed by atoms with van der Waals surface area (Å²) in [4.78, 5) is 15.9. The molecule has 0 fully saturated rings. The van der Waals surface area contributed by atoms with E-state index in [0.29, 0.717) is 11.4 Å². The molecule has 1 N–H and O–H groups in total. The van der Waals surface area contributed by atoms with Crippen LogP contribution in [0.15, 0.2) is 36.5 Å². The maximum atomic E-state index is 12.2. The third-order valence-electron chi connectivity index (χ3n) is 2.99. The minimum atomic E-state index is -4.44. The first-order valence-electron chi connectivity index (χ1n) is 6.90. The van der Waals surface area contributed by atoms with E-state index < -0.39 is 18.7 Å². The second kappa shape index (κ2) is 7.20. The minimum Gasteiger partial charge on any atom is -0.495 e. The van der Waals surface area contributed by atoms with E-state index in [4.69, 9.17) is 4.74 Å². The minimum absolute atomic E-state index is 0.179. The van der Waals surface area contributed by atoms with Gasteiger partial charge in [-0.1, -0.05) is 6.07 Å². The number of halogens is 3. The van der Waals surface area contributed by atoms with Crippen LogP contribution >= 0.6 is 0 Å². The SMILES string of the molecule is COc1ccc(C)cc1NC(=O)c1ccc(OCC(F)(F)F)nc1. The van der Waals surface area contributed by atoms with Crippen molar-refractivity contribution in [2.75, 3.05) is 19.0 Å². The van der Waals surface area contributed by atoms with Crippen LogP contribution in [0.25, 0.3) is 0 Å². The van der Waals surface area contributed by atoms with E-state index in [2.05, 4.69) is 15.0 Å². The van der Waals surface area contributed by atoms with Gasteiger partial charge in [-0.3, -0.25) is 4.79 Å². The van der Waals surface area contributed by atoms with Crippen molar-refractivity contribution in [3.05, 3.63) is 47.7 Å². The summed E-state index contributed by atoms with van der Waals surface area (Å²) < 4.78 is 45.9. The van der Waals surface area contributed by atoms with Gasteiger partial charge in [0.2, 0.25) is 5.88 Å². The van der Waals surface area contributed by atoms with Gasteiger partial charge < -0.3 is 14.8 Å². The first-order chi connectivity index (χ1) is 11.3. The Hall–Kier alpha value is -2.77. The van der Waals surface area contributed by atoms with E-state index in [0.717, 1.165) is 11.8 Å². The van der Waals surface area contributed by atoms with E-state index in [1.807, 2.05) is 13.0 Å². The summed E-state index contributed by atoms with van der Waals surface area (Å²) in [5, 5.41) is 2.67. The number of anilines is 1. The van der Waals surface area contributed by atoms with Crippen LogP contribution in [0.5, 0.6) is 11.6 Å². The van der Waals surface area contributed by atoms with Gasteiger partial charge >= 0.3 is 6.18 Å². The van der Waals surface area contributed by atoms with Gasteiger partial charge in [-0.25, -0.2) is 4.98 Å². The Bertz CT molecular complexity index is 715. The van der Waals surface area contributed by atoms with E-state index in [9.17, 15) is 18.0 Å². The monoisotopic (exact) mass is 340 g/mol. The molecule has 0 aliphatic rings. The summed E-state index contributed by atoms with van der Waals surface area (Å²) in [5.74, 6) is -0.183. The number of benzene rings is 1. The number of nitrogens with zero attached hydrogens (tertiary/aromatic N) is 1. The Morgan fingerprint density at radius 3 is 2.58 bits per heavy atom. The van der Waals surface area contributed by atoms with E-state index in [1.165, 1.54) is 19.2 Å². The number of hydrogen-bond donors (Lipinski definition) is 1. The van der Waals surface area contributed by atoms with Crippen molar-refractivity contribution < 1.29 is 27.4 Å². The molecule has 8 heteroatoms. The molecule has 0 aliphatic carbocycles. The Morgan fingerprint density at radius 2 is 2.00 bits per heavy atom. The number of rotatable bonds is 5. The van der Waals surface area contributed by atoms with E-state index in [1.54, 1.807) is 12.1 Å². The average molecular weight is 340 g/mol. The third kappa shape index (κ3) is 4.87. The predicted molar refractivity (Wildman–Crippen MR) is 81.5 cm³/mol. The highest BCUT2D eigenvalue weighted by atomic mass is 19.4. The van der Waals surface area contributed by atoms with Crippen LogP contribution in [0, 0.1) is 6.92 Å². The summed E-state index contributed by atoms with van der Waals surface area (Å²) >= 11 is 0. The molecule has 0 saturated carbocycles. The number of nitrogens with one attached hydrogen (secondary N) is 1. The van der Waals surface area contributed by atoms with Gasteiger partial charge in [0, 0.05) is 12.3 Å². The van der Waals surface area contributed by atoms with Crippen molar-refractivity contribution in [3.8, 4) is 11.6 Å². The standard InChI is InChI=1S/C16H15F3N2O3/c1-10-3-5-13(23-2)12(7-10)21-15(22)11-4-6-14(20-8-11)24-9-16(17,18)19/h3-8H,9H2,1-2H3,(H,21,22). The zero-order valence-corrected chi connectivity index (χ0v) is 13.0. The Labute approximate surface area is 136 Å². The van der Waals surface area contributed by atoms with Crippen LogP contribution < -0.4 is 14.8 Å². The number of alkyl halides is 3. The van der Waals surface area contributed by atoms with Gasteiger partial charge in [0.15, 0.2) is 6.61 Å². The molecule has 1 aromatic heterocycles. The van der Waals surface area contributed by atoms with Crippen LogP contribution in [0.4, 0.5) is 18.9 Å². The van der Waals surface area contributed by atoms with E-state index >= 15 is 0 Å². The number of hydrogen-bond acceptors (Lipinski definition) is 4. The molecule has 5 nitrogen and oxygen atoms in total. The normalized spacial score (nSPS) is 11.0. The van der Waals surface area contributed by atoms with Gasteiger partial charge in [0.1, 0.15) is 5.75 Å². The lowest BCUT2D eigenvalue weighted by molar-refractivity contribution is -0.154. The number of amides is 1. The highest BCUT2D eigenvalue weighted by molar-refractivity contribution is 6.04. The summed E-state index contributed by atoms with van der Waals surface area (Å²) in [5.41, 5.74) is 1.60. The van der Waals surface area contributed by atoms with Gasteiger partial charge in [0.25, 0.3) is 5.91 Å². The third-order valence-corrected chi connectivity index (χ3v) is 2.99. The molecule has 0 saturated heterocycles. The molecular weight excluding hydrogens is 325 g/mol. The molecule has 0 spiro atoms. The summed E-state index contributed by atoms with van der Waals surface area (Å²) in [6.07, 6.45) is -3.30. The molecule has 1 heterocycles. The van der Waals surface area contributed by atoms with Gasteiger partial charge in [-0.2, -0.15) is 13.2 Å². The lowest BCUT2D eigenvalue weighted by Crippen LogP contribution is -2.19. The quantitative estimate of drug-likeness (QED) is 0.904. The fourth-order valence-electron chi connectivity index (χ4n) is 1.87. The van der Waals surface area contributed by atoms with Crippen molar-refractivity contribution in [2.45, 2.75) is 13.1 Å². The number of aryl methyl sites for hydroxylation is 1. The number of carbonyl (C=O) groups excluding carboxylic acids is 1. The van der Waals surface area contributed by atoms with Gasteiger partial charge in [-0.15, -0.1) is 0 Å². The molecule has 1 aromatic carbocycles. The Morgan fingerprint density at radius 1 is 1.25 bits per heavy atom. The fraction of sp³-hybridized carbons (Fsp3) is 0.250. The van der Waals surface area contributed by atoms with Crippen LogP contribution in [0.3, 0.4) is 0 Å². The summed E-state index contributed by atoms with van der Waals surface area (Å²) in [6.45, 7) is 0.426. The zero-order valence-electron chi connectivity index (χ0n) is 13.0. The molecule has 2 rings (SSSR count). The molecule has 0 unspecified atom stereocenters. The fourth-order valence-corrected chi connectivity index (χ4v) is 1.87. The smallest absolute Gasteiger partial charge is 0.422 e. The molecule has 24 heavy (non-hydrogen) atoms. The van der Waals surface area contributed by atoms with Crippen molar-refractivity contribution in [3.63, 3.8) is 0 Å². The molecule has 0 aliphatic heterocycles. The molecule has 0 radical (unpaired) electrons. The van der Waals surface area contributed by atoms with Gasteiger partial charge in [0.05, 0.1) is 18.4 Å². The van der Waals surface area contributed by atoms with Crippen LogP contribution in [-0.2, 0) is 0 Å². The lowest BCUT2D eigenvalue weighted by atomic mass is 10.2. The topological polar surface area (TPSA) is 60.5 Å². The van der Waals surface area contributed by atoms with Crippen LogP contribution in [-0.4, -0.2) is 30.8 Å². The molecule has 128 valence electrons. The first-order valence-corrected chi connectivity index (χ1v) is 6.90. The highest BCUT2D eigenvalue weighted by Crippen LogP contribution is 2.26. The Kier molecular flexibility index (Phi) is 5.28. The van der Waals surface area contributed by atoms with Crippen LogP contribution in [0.1, 0.15) is 15.9 Å². The molecule has 0 bridgehead atoms. The van der Waals surface area contributed by atoms with Crippen molar-refractivity contribution >= 4 is 11.6 Å². The highest BCUT2D eigenvalue weighted by Gasteiger charge is 2.28. The van der Waals surface area contributed by atoms with Crippen molar-refractivity contribution in [1.29, 1.82) is 0 Å². The Balaban J connectivity index is 2.07. The number of pyridine rings is 1. The number of ether oxygens (including phenoxy) is 2. The average Bonchev–Trinajstić information content (AvgIpc) is 2.53. The molecule has 2 aromatic rings. The zero-order chi connectivity index (χ0) is 17.7. The summed E-state index contributed by atoms with van der Waals surface area (Å²) in [6, 6.07) is 7.83. The largest absolute Gasteiger partial charge is 0.495 e. The summed E-state index contributed by atoms with van der Waals surface area (Å²) in [7, 11) is 1.48. The second-order valence-electron chi connectivity index (χ2n) is 4.95. The van der Waals surface area contributed by atoms with Crippen LogP contribution in [0.2, 0.25) is 0 Å². The molecule has 0 atom stereocenters.